The van der Waals surface area contributed by atoms with Gasteiger partial charge in [0.25, 0.3) is 0 Å². The summed E-state index contributed by atoms with van der Waals surface area (Å²) in [5.74, 6) is 1.51. The molecule has 0 amide bonds. The molecule has 0 spiro atoms. The lowest BCUT2D eigenvalue weighted by Gasteiger charge is -2.44. The van der Waals surface area contributed by atoms with Crippen LogP contribution in [-0.4, -0.2) is 34.5 Å². The van der Waals surface area contributed by atoms with Gasteiger partial charge in [-0.15, -0.1) is 0 Å². The second-order valence-corrected chi connectivity index (χ2v) is 7.47. The first-order valence-electron chi connectivity index (χ1n) is 6.40. The summed E-state index contributed by atoms with van der Waals surface area (Å²) >= 11 is 2.07. The Kier molecular flexibility index (Phi) is 3.81. The van der Waals surface area contributed by atoms with Gasteiger partial charge in [0.1, 0.15) is 0 Å². The van der Waals surface area contributed by atoms with Crippen LogP contribution in [0.3, 0.4) is 0 Å². The van der Waals surface area contributed by atoms with Crippen LogP contribution in [0, 0.1) is 17.2 Å². The van der Waals surface area contributed by atoms with Gasteiger partial charge < -0.3 is 0 Å². The summed E-state index contributed by atoms with van der Waals surface area (Å²) in [4.78, 5) is 2.59. The van der Waals surface area contributed by atoms with E-state index < -0.39 is 0 Å². The minimum absolute atomic E-state index is 0.285. The largest absolute Gasteiger partial charge is 0.297 e. The SMILES string of the molecule is CC1(C)CN(C2CCCCC2C#N)CCS1. The van der Waals surface area contributed by atoms with E-state index >= 15 is 0 Å². The second-order valence-electron chi connectivity index (χ2n) is 5.67. The lowest BCUT2D eigenvalue weighted by molar-refractivity contribution is 0.121. The van der Waals surface area contributed by atoms with Crippen LogP contribution in [0.2, 0.25) is 0 Å². The van der Waals surface area contributed by atoms with E-state index in [1.807, 2.05) is 0 Å². The number of nitrogens with zero attached hydrogens (tertiary/aromatic N) is 2. The number of hydrogen-bond acceptors (Lipinski definition) is 3. The van der Waals surface area contributed by atoms with Gasteiger partial charge in [-0.05, 0) is 26.7 Å². The molecule has 2 aliphatic rings. The first kappa shape index (κ1) is 12.3. The average molecular weight is 238 g/mol. The fourth-order valence-electron chi connectivity index (χ4n) is 3.04. The topological polar surface area (TPSA) is 27.0 Å². The van der Waals surface area contributed by atoms with Crippen molar-refractivity contribution in [2.45, 2.75) is 50.3 Å². The molecule has 90 valence electrons. The van der Waals surface area contributed by atoms with Crippen molar-refractivity contribution in [2.24, 2.45) is 5.92 Å². The lowest BCUT2D eigenvalue weighted by Crippen LogP contribution is -2.51. The van der Waals surface area contributed by atoms with Crippen molar-refractivity contribution in [3.8, 4) is 6.07 Å². The molecule has 2 fully saturated rings. The third-order valence-corrected chi connectivity index (χ3v) is 5.12. The molecule has 2 rings (SSSR count). The van der Waals surface area contributed by atoms with Gasteiger partial charge in [0.05, 0.1) is 12.0 Å². The molecule has 1 saturated heterocycles. The Labute approximate surface area is 103 Å². The Morgan fingerprint density at radius 3 is 2.75 bits per heavy atom. The van der Waals surface area contributed by atoms with Gasteiger partial charge in [-0.1, -0.05) is 12.8 Å². The normalized spacial score (nSPS) is 35.6. The highest BCUT2D eigenvalue weighted by atomic mass is 32.2. The summed E-state index contributed by atoms with van der Waals surface area (Å²) < 4.78 is 0.371. The Bertz CT molecular complexity index is 282. The van der Waals surface area contributed by atoms with E-state index in [-0.39, 0.29) is 5.92 Å². The highest BCUT2D eigenvalue weighted by Crippen LogP contribution is 2.35. The number of thioether (sulfide) groups is 1. The number of nitriles is 1. The quantitative estimate of drug-likeness (QED) is 0.703. The molecule has 0 aromatic carbocycles. The van der Waals surface area contributed by atoms with E-state index in [0.29, 0.717) is 10.8 Å². The Hall–Kier alpha value is -0.200. The van der Waals surface area contributed by atoms with Gasteiger partial charge in [-0.2, -0.15) is 17.0 Å². The fraction of sp³-hybridized carbons (Fsp3) is 0.923. The molecule has 3 heteroatoms. The minimum Gasteiger partial charge on any atom is -0.297 e. The summed E-state index contributed by atoms with van der Waals surface area (Å²) in [7, 11) is 0. The van der Waals surface area contributed by atoms with E-state index in [9.17, 15) is 5.26 Å². The lowest BCUT2D eigenvalue weighted by atomic mass is 9.84. The van der Waals surface area contributed by atoms with Gasteiger partial charge >= 0.3 is 0 Å². The molecule has 0 radical (unpaired) electrons. The predicted octanol–water partition coefficient (Wildman–Crippen LogP) is 2.90. The highest BCUT2D eigenvalue weighted by Gasteiger charge is 2.35. The first-order chi connectivity index (χ1) is 7.62. The Balaban J connectivity index is 2.02. The van der Waals surface area contributed by atoms with Gasteiger partial charge in [0.2, 0.25) is 0 Å². The van der Waals surface area contributed by atoms with E-state index in [0.717, 1.165) is 13.0 Å². The van der Waals surface area contributed by atoms with Crippen molar-refractivity contribution in [3.05, 3.63) is 0 Å². The molecule has 0 aromatic rings. The van der Waals surface area contributed by atoms with Crippen LogP contribution in [0.4, 0.5) is 0 Å². The molecule has 0 bridgehead atoms. The summed E-state index contributed by atoms with van der Waals surface area (Å²) in [5, 5.41) is 9.24. The zero-order valence-corrected chi connectivity index (χ0v) is 11.2. The molecule has 16 heavy (non-hydrogen) atoms. The zero-order valence-electron chi connectivity index (χ0n) is 10.4. The highest BCUT2D eigenvalue weighted by molar-refractivity contribution is 8.00. The van der Waals surface area contributed by atoms with Crippen LogP contribution in [0.15, 0.2) is 0 Å². The standard InChI is InChI=1S/C13H22N2S/c1-13(2)10-15(7-8-16-13)12-6-4-3-5-11(12)9-14/h11-12H,3-8,10H2,1-2H3. The number of hydrogen-bond donors (Lipinski definition) is 0. The monoisotopic (exact) mass is 238 g/mol. The molecule has 2 nitrogen and oxygen atoms in total. The van der Waals surface area contributed by atoms with Crippen molar-refractivity contribution in [3.63, 3.8) is 0 Å². The predicted molar refractivity (Wildman–Crippen MR) is 69.5 cm³/mol. The smallest absolute Gasteiger partial charge is 0.0672 e. The summed E-state index contributed by atoms with van der Waals surface area (Å²) in [6, 6.07) is 3.07. The van der Waals surface area contributed by atoms with Crippen molar-refractivity contribution in [1.29, 1.82) is 5.26 Å². The van der Waals surface area contributed by atoms with Crippen LogP contribution >= 0.6 is 11.8 Å². The van der Waals surface area contributed by atoms with Gasteiger partial charge in [-0.3, -0.25) is 4.90 Å². The summed E-state index contributed by atoms with van der Waals surface area (Å²) in [6.07, 6.45) is 4.91. The van der Waals surface area contributed by atoms with Crippen molar-refractivity contribution in [2.75, 3.05) is 18.8 Å². The van der Waals surface area contributed by atoms with Gasteiger partial charge in [-0.25, -0.2) is 0 Å². The van der Waals surface area contributed by atoms with E-state index in [1.165, 1.54) is 31.6 Å². The Morgan fingerprint density at radius 1 is 1.31 bits per heavy atom. The Morgan fingerprint density at radius 2 is 2.06 bits per heavy atom. The van der Waals surface area contributed by atoms with E-state index in [1.54, 1.807) is 0 Å². The van der Waals surface area contributed by atoms with Crippen LogP contribution in [-0.2, 0) is 0 Å². The molecule has 1 aliphatic carbocycles. The molecular weight excluding hydrogens is 216 g/mol. The summed E-state index contributed by atoms with van der Waals surface area (Å²) in [6.45, 7) is 6.99. The molecule has 0 aromatic heterocycles. The molecular formula is C13H22N2S. The maximum atomic E-state index is 9.24. The van der Waals surface area contributed by atoms with E-state index in [2.05, 4.69) is 36.6 Å². The zero-order chi connectivity index (χ0) is 11.6. The van der Waals surface area contributed by atoms with Crippen LogP contribution in [0.1, 0.15) is 39.5 Å². The molecule has 1 heterocycles. The van der Waals surface area contributed by atoms with Crippen LogP contribution in [0.5, 0.6) is 0 Å². The minimum atomic E-state index is 0.285. The molecule has 2 unspecified atom stereocenters. The van der Waals surface area contributed by atoms with Crippen LogP contribution in [0.25, 0.3) is 0 Å². The van der Waals surface area contributed by atoms with E-state index in [4.69, 9.17) is 0 Å². The molecule has 2 atom stereocenters. The number of rotatable bonds is 1. The molecule has 0 N–H and O–H groups in total. The maximum absolute atomic E-state index is 9.24. The van der Waals surface area contributed by atoms with Gasteiger partial charge in [0.15, 0.2) is 0 Å². The average Bonchev–Trinajstić information content (AvgIpc) is 2.27. The van der Waals surface area contributed by atoms with Crippen molar-refractivity contribution in [1.82, 2.24) is 4.90 Å². The maximum Gasteiger partial charge on any atom is 0.0672 e. The summed E-state index contributed by atoms with van der Waals surface area (Å²) in [5.41, 5.74) is 0. The van der Waals surface area contributed by atoms with Crippen molar-refractivity contribution >= 4 is 11.8 Å². The third-order valence-electron chi connectivity index (χ3n) is 3.82. The fourth-order valence-corrected chi connectivity index (χ4v) is 4.17. The third kappa shape index (κ3) is 2.73. The van der Waals surface area contributed by atoms with Crippen molar-refractivity contribution < 1.29 is 0 Å². The second kappa shape index (κ2) is 4.98. The van der Waals surface area contributed by atoms with Crippen LogP contribution < -0.4 is 0 Å². The molecule has 1 aliphatic heterocycles. The molecule has 1 saturated carbocycles. The first-order valence-corrected chi connectivity index (χ1v) is 7.38. The van der Waals surface area contributed by atoms with Gasteiger partial charge in [0, 0.05) is 29.6 Å².